The average Bonchev–Trinajstić information content (AvgIpc) is 3.04. The molecular weight excluding hydrogens is 342 g/mol. The lowest BCUT2D eigenvalue weighted by molar-refractivity contribution is 0.198. The first-order chi connectivity index (χ1) is 13.0. The number of hydrogen-bond donors (Lipinski definition) is 2. The Morgan fingerprint density at radius 1 is 1.30 bits per heavy atom. The third kappa shape index (κ3) is 3.55. The zero-order valence-electron chi connectivity index (χ0n) is 15.7. The van der Waals surface area contributed by atoms with E-state index >= 15 is 0 Å². The fourth-order valence-electron chi connectivity index (χ4n) is 3.86. The highest BCUT2D eigenvalue weighted by molar-refractivity contribution is 5.48. The molecule has 0 bridgehead atoms. The van der Waals surface area contributed by atoms with Crippen molar-refractivity contribution in [2.45, 2.75) is 32.2 Å². The molecule has 1 saturated heterocycles. The van der Waals surface area contributed by atoms with Crippen molar-refractivity contribution >= 4 is 11.5 Å². The summed E-state index contributed by atoms with van der Waals surface area (Å²) in [6, 6.07) is 9.45. The van der Waals surface area contributed by atoms with Crippen molar-refractivity contribution in [1.29, 1.82) is 0 Å². The maximum atomic E-state index is 9.78. The number of aromatic hydroxyl groups is 1. The number of rotatable bonds is 4. The Kier molecular flexibility index (Phi) is 4.61. The molecule has 2 aromatic heterocycles. The van der Waals surface area contributed by atoms with Crippen molar-refractivity contribution in [3.8, 4) is 11.5 Å². The van der Waals surface area contributed by atoms with Gasteiger partial charge in [-0.15, -0.1) is 0 Å². The summed E-state index contributed by atoms with van der Waals surface area (Å²) in [7, 11) is 1.57. The third-order valence-corrected chi connectivity index (χ3v) is 5.17. The van der Waals surface area contributed by atoms with E-state index < -0.39 is 0 Å². The third-order valence-electron chi connectivity index (χ3n) is 5.17. The average molecular weight is 367 g/mol. The molecule has 3 heterocycles. The number of nitrogen functional groups attached to an aromatic ring is 1. The summed E-state index contributed by atoms with van der Waals surface area (Å²) < 4.78 is 6.92. The number of phenolic OH excluding ortho intramolecular Hbond substituents is 1. The Balaban J connectivity index is 1.53. The van der Waals surface area contributed by atoms with Crippen LogP contribution in [0.3, 0.4) is 0 Å². The molecule has 0 spiro atoms. The maximum Gasteiger partial charge on any atom is 0.160 e. The number of anilines is 1. The van der Waals surface area contributed by atoms with E-state index in [1.165, 1.54) is 0 Å². The zero-order chi connectivity index (χ0) is 19.0. The van der Waals surface area contributed by atoms with E-state index in [-0.39, 0.29) is 5.75 Å². The highest BCUT2D eigenvalue weighted by atomic mass is 16.5. The Labute approximate surface area is 158 Å². The molecule has 0 amide bonds. The molecule has 0 radical (unpaired) electrons. The van der Waals surface area contributed by atoms with Gasteiger partial charge in [-0.25, -0.2) is 4.98 Å². The second-order valence-electron chi connectivity index (χ2n) is 7.24. The lowest BCUT2D eigenvalue weighted by Crippen LogP contribution is -2.34. The fourth-order valence-corrected chi connectivity index (χ4v) is 3.86. The number of aryl methyl sites for hydroxylation is 1. The van der Waals surface area contributed by atoms with Crippen molar-refractivity contribution in [3.05, 3.63) is 47.3 Å². The Hall–Kier alpha value is -2.80. The van der Waals surface area contributed by atoms with Crippen LogP contribution in [0.15, 0.2) is 30.3 Å². The molecule has 1 atom stereocenters. The number of methoxy groups -OCH3 is 1. The van der Waals surface area contributed by atoms with Gasteiger partial charge in [0.1, 0.15) is 5.82 Å². The van der Waals surface area contributed by atoms with E-state index in [2.05, 4.69) is 10.00 Å². The van der Waals surface area contributed by atoms with Gasteiger partial charge in [0.15, 0.2) is 17.1 Å². The van der Waals surface area contributed by atoms with Crippen LogP contribution in [0.1, 0.15) is 35.7 Å². The van der Waals surface area contributed by atoms with Crippen LogP contribution >= 0.6 is 0 Å². The molecule has 7 heteroatoms. The minimum atomic E-state index is 0.168. The predicted molar refractivity (Wildman–Crippen MR) is 104 cm³/mol. The minimum absolute atomic E-state index is 0.168. The first kappa shape index (κ1) is 17.6. The monoisotopic (exact) mass is 367 g/mol. The van der Waals surface area contributed by atoms with Gasteiger partial charge in [0, 0.05) is 31.1 Å². The quantitative estimate of drug-likeness (QED) is 0.737. The number of nitrogens with two attached hydrogens (primary N) is 1. The van der Waals surface area contributed by atoms with Gasteiger partial charge in [0.25, 0.3) is 0 Å². The van der Waals surface area contributed by atoms with E-state index in [0.717, 1.165) is 55.1 Å². The van der Waals surface area contributed by atoms with Gasteiger partial charge in [-0.05, 0) is 44.0 Å². The van der Waals surface area contributed by atoms with Crippen LogP contribution < -0.4 is 10.5 Å². The van der Waals surface area contributed by atoms with E-state index in [1.54, 1.807) is 17.7 Å². The zero-order valence-corrected chi connectivity index (χ0v) is 15.7. The van der Waals surface area contributed by atoms with Crippen molar-refractivity contribution in [3.63, 3.8) is 0 Å². The number of ether oxygens (including phenoxy) is 1. The van der Waals surface area contributed by atoms with Crippen LogP contribution in [0.2, 0.25) is 0 Å². The van der Waals surface area contributed by atoms with Crippen LogP contribution in [0.5, 0.6) is 11.5 Å². The summed E-state index contributed by atoms with van der Waals surface area (Å²) >= 11 is 0. The Morgan fingerprint density at radius 2 is 2.15 bits per heavy atom. The first-order valence-electron chi connectivity index (χ1n) is 9.24. The Morgan fingerprint density at radius 3 is 2.96 bits per heavy atom. The standard InChI is InChI=1S/C20H25N5O2/c1-13-8-20-22-16(10-19(21)25(20)23-13)15-4-3-7-24(12-15)11-14-5-6-17(26)18(9-14)27-2/h5-6,8-10,15,26H,3-4,7,11-12,21H2,1-2H3/t15-/m1/s1. The number of nitrogens with zero attached hydrogens (tertiary/aromatic N) is 4. The summed E-state index contributed by atoms with van der Waals surface area (Å²) in [4.78, 5) is 7.22. The lowest BCUT2D eigenvalue weighted by atomic mass is 9.94. The molecule has 0 aliphatic carbocycles. The van der Waals surface area contributed by atoms with Crippen LogP contribution in [-0.4, -0.2) is 44.8 Å². The van der Waals surface area contributed by atoms with Gasteiger partial charge in [-0.1, -0.05) is 6.07 Å². The van der Waals surface area contributed by atoms with Crippen LogP contribution in [-0.2, 0) is 6.54 Å². The molecule has 3 aromatic rings. The number of benzene rings is 1. The molecule has 0 saturated carbocycles. The van der Waals surface area contributed by atoms with E-state index in [4.69, 9.17) is 15.5 Å². The van der Waals surface area contributed by atoms with Crippen molar-refractivity contribution < 1.29 is 9.84 Å². The maximum absolute atomic E-state index is 9.78. The molecule has 3 N–H and O–H groups in total. The number of aromatic nitrogens is 3. The SMILES string of the molecule is COc1cc(CN2CCC[C@@H](c3cc(N)n4nc(C)cc4n3)C2)ccc1O. The van der Waals surface area contributed by atoms with E-state index in [0.29, 0.717) is 17.5 Å². The van der Waals surface area contributed by atoms with Gasteiger partial charge in [0.2, 0.25) is 0 Å². The van der Waals surface area contributed by atoms with Crippen molar-refractivity contribution in [2.24, 2.45) is 0 Å². The van der Waals surface area contributed by atoms with E-state index in [1.807, 2.05) is 31.2 Å². The van der Waals surface area contributed by atoms with Crippen molar-refractivity contribution in [2.75, 3.05) is 25.9 Å². The van der Waals surface area contributed by atoms with Gasteiger partial charge in [-0.2, -0.15) is 9.61 Å². The molecule has 7 nitrogen and oxygen atoms in total. The second kappa shape index (κ2) is 7.08. The van der Waals surface area contributed by atoms with Gasteiger partial charge in [0.05, 0.1) is 18.5 Å². The molecule has 4 rings (SSSR count). The molecular formula is C20H25N5O2. The molecule has 0 unspecified atom stereocenters. The summed E-state index contributed by atoms with van der Waals surface area (Å²) in [6.07, 6.45) is 2.22. The second-order valence-corrected chi connectivity index (χ2v) is 7.24. The van der Waals surface area contributed by atoms with Gasteiger partial charge < -0.3 is 15.6 Å². The minimum Gasteiger partial charge on any atom is -0.504 e. The largest absolute Gasteiger partial charge is 0.504 e. The number of phenols is 1. The topological polar surface area (TPSA) is 88.9 Å². The molecule has 1 aromatic carbocycles. The van der Waals surface area contributed by atoms with E-state index in [9.17, 15) is 5.11 Å². The molecule has 1 fully saturated rings. The highest BCUT2D eigenvalue weighted by Gasteiger charge is 2.24. The number of likely N-dealkylation sites (tertiary alicyclic amines) is 1. The summed E-state index contributed by atoms with van der Waals surface area (Å²) in [5.74, 6) is 1.66. The van der Waals surface area contributed by atoms with Crippen LogP contribution in [0.25, 0.3) is 5.65 Å². The summed E-state index contributed by atoms with van der Waals surface area (Å²) in [5, 5.41) is 14.2. The van der Waals surface area contributed by atoms with Crippen molar-refractivity contribution in [1.82, 2.24) is 19.5 Å². The lowest BCUT2D eigenvalue weighted by Gasteiger charge is -2.32. The molecule has 1 aliphatic rings. The number of fused-ring (bicyclic) bond motifs is 1. The molecule has 1 aliphatic heterocycles. The predicted octanol–water partition coefficient (Wildman–Crippen LogP) is 2.71. The normalized spacial score (nSPS) is 18.1. The molecule has 27 heavy (non-hydrogen) atoms. The van der Waals surface area contributed by atoms with Crippen LogP contribution in [0, 0.1) is 6.92 Å². The molecule has 142 valence electrons. The van der Waals surface area contributed by atoms with Crippen LogP contribution in [0.4, 0.5) is 5.82 Å². The fraction of sp³-hybridized carbons (Fsp3) is 0.400. The summed E-state index contributed by atoms with van der Waals surface area (Å²) in [5.41, 5.74) is 10.1. The highest BCUT2D eigenvalue weighted by Crippen LogP contribution is 2.30. The smallest absolute Gasteiger partial charge is 0.160 e. The number of piperidine rings is 1. The first-order valence-corrected chi connectivity index (χ1v) is 9.24. The van der Waals surface area contributed by atoms with Gasteiger partial charge in [-0.3, -0.25) is 4.90 Å². The summed E-state index contributed by atoms with van der Waals surface area (Å²) in [6.45, 7) is 4.74. The van der Waals surface area contributed by atoms with Gasteiger partial charge >= 0.3 is 0 Å². The Bertz CT molecular complexity index is 968. The number of hydrogen-bond acceptors (Lipinski definition) is 6.